The van der Waals surface area contributed by atoms with Crippen molar-refractivity contribution in [2.45, 2.75) is 19.0 Å². The van der Waals surface area contributed by atoms with E-state index in [1.807, 2.05) is 70.7 Å². The smallest absolute Gasteiger partial charge is 0.262 e. The van der Waals surface area contributed by atoms with Crippen molar-refractivity contribution in [3.8, 4) is 0 Å². The summed E-state index contributed by atoms with van der Waals surface area (Å²) in [5.41, 5.74) is 2.65. The number of hydrogen-bond acceptors (Lipinski definition) is 5. The number of nitrogens with one attached hydrogen (secondary N) is 3. The molecule has 32 heavy (non-hydrogen) atoms. The molecule has 0 radical (unpaired) electrons. The van der Waals surface area contributed by atoms with E-state index in [4.69, 9.17) is 0 Å². The van der Waals surface area contributed by atoms with E-state index in [1.54, 1.807) is 6.07 Å². The summed E-state index contributed by atoms with van der Waals surface area (Å²) in [6, 6.07) is 16.3. The predicted octanol–water partition coefficient (Wildman–Crippen LogP) is 2.93. The van der Waals surface area contributed by atoms with Crippen molar-refractivity contribution in [1.82, 2.24) is 30.2 Å². The highest BCUT2D eigenvalue weighted by atomic mass is 32.1. The Morgan fingerprint density at radius 1 is 1.06 bits per heavy atom. The van der Waals surface area contributed by atoms with Crippen molar-refractivity contribution >= 4 is 39.7 Å². The molecule has 5 rings (SSSR count). The molecule has 0 aliphatic rings. The monoisotopic (exact) mass is 444 g/mol. The van der Waals surface area contributed by atoms with Crippen LogP contribution in [0.2, 0.25) is 0 Å². The molecule has 1 atom stereocenters. The van der Waals surface area contributed by atoms with Crippen LogP contribution in [0.25, 0.3) is 16.6 Å². The highest BCUT2D eigenvalue weighted by Gasteiger charge is 2.24. The number of benzene rings is 1. The van der Waals surface area contributed by atoms with E-state index in [9.17, 15) is 9.59 Å². The van der Waals surface area contributed by atoms with Gasteiger partial charge in [0.25, 0.3) is 5.91 Å². The molecule has 0 aliphatic carbocycles. The molecular weight excluding hydrogens is 424 g/mol. The third-order valence-corrected chi connectivity index (χ3v) is 6.14. The van der Waals surface area contributed by atoms with Gasteiger partial charge >= 0.3 is 0 Å². The maximum Gasteiger partial charge on any atom is 0.262 e. The second kappa shape index (κ2) is 8.64. The van der Waals surface area contributed by atoms with Crippen LogP contribution < -0.4 is 10.6 Å². The highest BCUT2D eigenvalue weighted by Crippen LogP contribution is 2.19. The van der Waals surface area contributed by atoms with E-state index >= 15 is 0 Å². The Hall–Kier alpha value is -3.98. The van der Waals surface area contributed by atoms with Crippen molar-refractivity contribution in [2.75, 3.05) is 0 Å². The van der Waals surface area contributed by atoms with Gasteiger partial charge in [-0.3, -0.25) is 14.0 Å². The molecule has 0 saturated carbocycles. The fraction of sp³-hybridized carbons (Fsp3) is 0.130. The number of aromatic nitrogens is 4. The van der Waals surface area contributed by atoms with E-state index < -0.39 is 6.04 Å². The number of thiophene rings is 1. The van der Waals surface area contributed by atoms with Crippen LogP contribution in [0, 0.1) is 0 Å². The van der Waals surface area contributed by atoms with E-state index in [-0.39, 0.29) is 18.4 Å². The second-order valence-corrected chi connectivity index (χ2v) is 8.28. The third-order valence-electron chi connectivity index (χ3n) is 5.27. The lowest BCUT2D eigenvalue weighted by molar-refractivity contribution is -0.123. The maximum atomic E-state index is 13.2. The lowest BCUT2D eigenvalue weighted by Crippen LogP contribution is -2.47. The first-order valence-corrected chi connectivity index (χ1v) is 11.0. The SMILES string of the molecule is O=C(N[C@H](Cc1c[nH]c2ccccc12)C(=O)NCc1nnc2ccccn12)c1cccs1. The van der Waals surface area contributed by atoms with Gasteiger partial charge in [0.2, 0.25) is 5.91 Å². The lowest BCUT2D eigenvalue weighted by atomic mass is 10.0. The van der Waals surface area contributed by atoms with Crippen LogP contribution in [0.1, 0.15) is 21.1 Å². The number of carbonyl (C=O) groups excluding carboxylic acids is 2. The molecular formula is C23H20N6O2S. The summed E-state index contributed by atoms with van der Waals surface area (Å²) in [5.74, 6) is 0.0603. The van der Waals surface area contributed by atoms with Crippen LogP contribution in [0.15, 0.2) is 72.4 Å². The Labute approximate surface area is 187 Å². The van der Waals surface area contributed by atoms with Crippen LogP contribution in [-0.4, -0.2) is 37.4 Å². The number of carbonyl (C=O) groups is 2. The zero-order valence-electron chi connectivity index (χ0n) is 17.0. The van der Waals surface area contributed by atoms with E-state index in [0.29, 0.717) is 22.8 Å². The molecule has 3 N–H and O–H groups in total. The Kier molecular flexibility index (Phi) is 5.39. The van der Waals surface area contributed by atoms with Crippen molar-refractivity contribution in [2.24, 2.45) is 0 Å². The zero-order valence-corrected chi connectivity index (χ0v) is 17.8. The van der Waals surface area contributed by atoms with Gasteiger partial charge in [-0.05, 0) is 35.2 Å². The van der Waals surface area contributed by atoms with Crippen LogP contribution in [0.5, 0.6) is 0 Å². The third kappa shape index (κ3) is 3.97. The minimum Gasteiger partial charge on any atom is -0.361 e. The van der Waals surface area contributed by atoms with Crippen molar-refractivity contribution in [3.05, 3.63) is 88.6 Å². The number of fused-ring (bicyclic) bond motifs is 2. The molecule has 0 aliphatic heterocycles. The minimum atomic E-state index is -0.747. The van der Waals surface area contributed by atoms with Crippen LogP contribution in [0.4, 0.5) is 0 Å². The largest absolute Gasteiger partial charge is 0.361 e. The zero-order chi connectivity index (χ0) is 21.9. The summed E-state index contributed by atoms with van der Waals surface area (Å²) in [6.07, 6.45) is 4.08. The number of para-hydroxylation sites is 1. The number of pyridine rings is 1. The summed E-state index contributed by atoms with van der Waals surface area (Å²) >= 11 is 1.34. The average molecular weight is 445 g/mol. The first-order valence-electron chi connectivity index (χ1n) is 10.1. The number of hydrogen-bond donors (Lipinski definition) is 3. The van der Waals surface area contributed by atoms with Gasteiger partial charge in [-0.25, -0.2) is 0 Å². The van der Waals surface area contributed by atoms with Gasteiger partial charge < -0.3 is 15.6 Å². The molecule has 4 aromatic heterocycles. The van der Waals surface area contributed by atoms with Crippen LogP contribution in [-0.2, 0) is 17.8 Å². The van der Waals surface area contributed by atoms with Crippen LogP contribution >= 0.6 is 11.3 Å². The molecule has 4 heterocycles. The van der Waals surface area contributed by atoms with Gasteiger partial charge in [0, 0.05) is 29.7 Å². The van der Waals surface area contributed by atoms with Gasteiger partial charge in [-0.1, -0.05) is 30.3 Å². The van der Waals surface area contributed by atoms with Gasteiger partial charge in [0.05, 0.1) is 11.4 Å². The van der Waals surface area contributed by atoms with Crippen molar-refractivity contribution in [1.29, 1.82) is 0 Å². The summed E-state index contributed by atoms with van der Waals surface area (Å²) in [7, 11) is 0. The number of nitrogens with zero attached hydrogens (tertiary/aromatic N) is 3. The minimum absolute atomic E-state index is 0.198. The summed E-state index contributed by atoms with van der Waals surface area (Å²) in [4.78, 5) is 29.6. The van der Waals surface area contributed by atoms with Gasteiger partial charge in [-0.2, -0.15) is 0 Å². The van der Waals surface area contributed by atoms with Crippen molar-refractivity contribution < 1.29 is 9.59 Å². The van der Waals surface area contributed by atoms with E-state index in [2.05, 4.69) is 25.8 Å². The summed E-state index contributed by atoms with van der Waals surface area (Å²) < 4.78 is 1.82. The molecule has 8 nitrogen and oxygen atoms in total. The summed E-state index contributed by atoms with van der Waals surface area (Å²) in [6.45, 7) is 0.198. The fourth-order valence-electron chi connectivity index (χ4n) is 3.67. The number of amides is 2. The normalized spacial score (nSPS) is 12.1. The average Bonchev–Trinajstić information content (AvgIpc) is 3.57. The van der Waals surface area contributed by atoms with E-state index in [0.717, 1.165) is 16.5 Å². The molecule has 5 aromatic rings. The highest BCUT2D eigenvalue weighted by molar-refractivity contribution is 7.12. The molecule has 9 heteroatoms. The Morgan fingerprint density at radius 3 is 2.81 bits per heavy atom. The van der Waals surface area contributed by atoms with Gasteiger partial charge in [-0.15, -0.1) is 21.5 Å². The number of H-pyrrole nitrogens is 1. The molecule has 0 unspecified atom stereocenters. The summed E-state index contributed by atoms with van der Waals surface area (Å²) in [5, 5.41) is 16.9. The molecule has 0 bridgehead atoms. The van der Waals surface area contributed by atoms with Gasteiger partial charge in [0.15, 0.2) is 11.5 Å². The van der Waals surface area contributed by atoms with Crippen LogP contribution in [0.3, 0.4) is 0 Å². The molecule has 160 valence electrons. The van der Waals surface area contributed by atoms with Gasteiger partial charge in [0.1, 0.15) is 6.04 Å². The standard InChI is InChI=1S/C23H20N6O2S/c30-22(25-14-21-28-27-20-9-3-4-10-29(20)21)18(26-23(31)19-8-5-11-32-19)12-15-13-24-17-7-2-1-6-16(15)17/h1-11,13,18,24H,12,14H2,(H,25,30)(H,26,31)/t18-/m1/s1. The van der Waals surface area contributed by atoms with E-state index in [1.165, 1.54) is 11.3 Å². The predicted molar refractivity (Wildman–Crippen MR) is 122 cm³/mol. The Morgan fingerprint density at radius 2 is 1.94 bits per heavy atom. The molecule has 0 fully saturated rings. The first-order chi connectivity index (χ1) is 15.7. The lowest BCUT2D eigenvalue weighted by Gasteiger charge is -2.18. The first kappa shape index (κ1) is 20.0. The maximum absolute atomic E-state index is 13.2. The Balaban J connectivity index is 1.36. The Bertz CT molecular complexity index is 1390. The fourth-order valence-corrected chi connectivity index (χ4v) is 4.29. The number of rotatable bonds is 7. The second-order valence-electron chi connectivity index (χ2n) is 7.33. The molecule has 0 spiro atoms. The topological polar surface area (TPSA) is 104 Å². The molecule has 1 aromatic carbocycles. The molecule has 2 amide bonds. The molecule has 0 saturated heterocycles. The quantitative estimate of drug-likeness (QED) is 0.359. The number of aromatic amines is 1. The van der Waals surface area contributed by atoms with Crippen molar-refractivity contribution in [3.63, 3.8) is 0 Å².